The number of halogens is 1. The van der Waals surface area contributed by atoms with Gasteiger partial charge in [0, 0.05) is 40.9 Å². The van der Waals surface area contributed by atoms with Crippen molar-refractivity contribution in [3.8, 4) is 5.75 Å². The van der Waals surface area contributed by atoms with E-state index in [1.165, 1.54) is 29.2 Å². The van der Waals surface area contributed by atoms with Crippen LogP contribution in [-0.4, -0.2) is 89.3 Å². The molecule has 56 heavy (non-hydrogen) atoms. The van der Waals surface area contributed by atoms with Gasteiger partial charge in [-0.15, -0.1) is 11.8 Å². The van der Waals surface area contributed by atoms with Gasteiger partial charge in [0.05, 0.1) is 43.7 Å². The smallest absolute Gasteiger partial charge is 0.353 e. The van der Waals surface area contributed by atoms with Crippen LogP contribution in [0.5, 0.6) is 5.75 Å². The number of hydrogen-bond donors (Lipinski definition) is 3. The molecule has 1 unspecified atom stereocenters. The zero-order chi connectivity index (χ0) is 39.9. The van der Waals surface area contributed by atoms with Crippen molar-refractivity contribution >= 4 is 53.0 Å². The minimum Gasteiger partial charge on any atom is -0.487 e. The van der Waals surface area contributed by atoms with E-state index in [0.29, 0.717) is 50.4 Å². The van der Waals surface area contributed by atoms with Gasteiger partial charge in [-0.3, -0.25) is 9.28 Å². The number of aliphatic hydroxyl groups is 1. The van der Waals surface area contributed by atoms with E-state index in [2.05, 4.69) is 14.1 Å². The summed E-state index contributed by atoms with van der Waals surface area (Å²) < 4.78 is 13.2. The second kappa shape index (κ2) is 14.4. The number of ether oxygens (including phenoxy) is 2. The lowest BCUT2D eigenvalue weighted by atomic mass is 9.47. The summed E-state index contributed by atoms with van der Waals surface area (Å²) in [5.74, 6) is -1.63. The Hall–Kier alpha value is -3.43. The van der Waals surface area contributed by atoms with Crippen molar-refractivity contribution in [2.45, 2.75) is 76.1 Å². The van der Waals surface area contributed by atoms with E-state index >= 15 is 0 Å². The Morgan fingerprint density at radius 2 is 1.71 bits per heavy atom. The summed E-state index contributed by atoms with van der Waals surface area (Å²) in [7, 11) is 5.79. The molecule has 12 nitrogen and oxygen atoms in total. The van der Waals surface area contributed by atoms with Crippen molar-refractivity contribution in [1.29, 1.82) is 0 Å². The number of carbonyl (C=O) groups excluding carboxylic acids is 1. The van der Waals surface area contributed by atoms with Gasteiger partial charge in [0.2, 0.25) is 5.91 Å². The van der Waals surface area contributed by atoms with Gasteiger partial charge in [0.1, 0.15) is 23.7 Å². The summed E-state index contributed by atoms with van der Waals surface area (Å²) in [5, 5.41) is 29.9. The number of fused-ring (bicyclic) bond motifs is 1. The van der Waals surface area contributed by atoms with Gasteiger partial charge < -0.3 is 29.7 Å². The van der Waals surface area contributed by atoms with Crippen LogP contribution in [0, 0.1) is 35.5 Å². The second-order valence-corrected chi connectivity index (χ2v) is 18.6. The maximum absolute atomic E-state index is 12.7. The number of amides is 1. The maximum Gasteiger partial charge on any atom is 0.353 e. The summed E-state index contributed by atoms with van der Waals surface area (Å²) in [6.45, 7) is 4.35. The third-order valence-corrected chi connectivity index (χ3v) is 15.2. The highest BCUT2D eigenvalue weighted by Gasteiger charge is 2.77. The largest absolute Gasteiger partial charge is 0.487 e. The van der Waals surface area contributed by atoms with E-state index in [9.17, 15) is 29.7 Å². The van der Waals surface area contributed by atoms with Gasteiger partial charge in [-0.05, 0) is 98.6 Å². The lowest BCUT2D eigenvalue weighted by molar-refractivity contribution is -0.645. The molecule has 9 rings (SSSR count). The molecule has 0 aromatic heterocycles. The molecule has 3 N–H and O–H groups in total. The Morgan fingerprint density at radius 1 is 1.05 bits per heavy atom. The topological polar surface area (TPSA) is 152 Å². The fraction of sp³-hybridized carbons (Fsp3) is 0.548. The van der Waals surface area contributed by atoms with Gasteiger partial charge >= 0.3 is 11.9 Å². The molecule has 2 aromatic rings. The molecule has 4 bridgehead atoms. The number of benzene rings is 2. The number of rotatable bonds is 14. The third kappa shape index (κ3) is 6.03. The summed E-state index contributed by atoms with van der Waals surface area (Å²) in [4.78, 5) is 50.7. The molecule has 3 aliphatic heterocycles. The monoisotopic (exact) mass is 809 g/mol. The van der Waals surface area contributed by atoms with Gasteiger partial charge in [-0.25, -0.2) is 14.5 Å². The molecule has 4 saturated carbocycles. The van der Waals surface area contributed by atoms with E-state index in [-0.39, 0.29) is 47.0 Å². The highest BCUT2D eigenvalue weighted by atomic mass is 35.5. The first-order valence-corrected chi connectivity index (χ1v) is 20.8. The quantitative estimate of drug-likeness (QED) is 0.0839. The van der Waals surface area contributed by atoms with Gasteiger partial charge in [-0.1, -0.05) is 30.7 Å². The molecule has 2 saturated heterocycles. The third-order valence-electron chi connectivity index (χ3n) is 13.6. The van der Waals surface area contributed by atoms with Crippen LogP contribution in [0.4, 0.5) is 5.69 Å². The molecular weight excluding hydrogens is 760 g/mol. The van der Waals surface area contributed by atoms with Crippen molar-refractivity contribution in [3.05, 3.63) is 74.8 Å². The molecule has 6 fully saturated rings. The van der Waals surface area contributed by atoms with E-state index < -0.39 is 35.3 Å². The predicted molar refractivity (Wildman–Crippen MR) is 210 cm³/mol. The second-order valence-electron chi connectivity index (χ2n) is 17.1. The standard InChI is InChI=1S/C42H49ClN2O10S/c1-22-35-33(23(2)46)39(49)44(35)36(40(50)51)38(22)56-15-14-45(3,4)30-10-6-24(7-11-30)21-53-37-27(9-13-32(47)48)8-12-31(34(37)43)42(52-5)41(54-55-42)28-17-25-16-26(19-28)20-29(41)18-25/h6-13,22-23,25-26,28-29,33,35,46H,14-21H2,1-5H3,(H-,47,48,50,51)/p+1/b13-9+/t22-,23-,25?,26?,28?,29?,33-,35-,41?,42?/m1/s1. The van der Waals surface area contributed by atoms with Crippen molar-refractivity contribution < 1.29 is 49.0 Å². The highest BCUT2D eigenvalue weighted by Crippen LogP contribution is 2.70. The Bertz CT molecular complexity index is 1970. The van der Waals surface area contributed by atoms with Crippen molar-refractivity contribution in [3.63, 3.8) is 0 Å². The van der Waals surface area contributed by atoms with Gasteiger partial charge in [0.15, 0.2) is 5.60 Å². The highest BCUT2D eigenvalue weighted by molar-refractivity contribution is 8.03. The van der Waals surface area contributed by atoms with E-state index in [0.717, 1.165) is 43.0 Å². The number of quaternary nitrogens is 1. The molecular formula is C42H50ClN2O10S+. The average molecular weight is 810 g/mol. The molecule has 300 valence electrons. The Balaban J connectivity index is 0.977. The molecule has 5 atom stereocenters. The van der Waals surface area contributed by atoms with Crippen LogP contribution in [0.25, 0.3) is 6.08 Å². The number of hydrogen-bond acceptors (Lipinski definition) is 9. The first-order valence-electron chi connectivity index (χ1n) is 19.5. The van der Waals surface area contributed by atoms with Crippen LogP contribution in [0.15, 0.2) is 53.1 Å². The lowest BCUT2D eigenvalue weighted by Gasteiger charge is -2.68. The number of thioether (sulfide) groups is 1. The molecule has 1 spiro atoms. The molecule has 14 heteroatoms. The SMILES string of the molecule is COC1(c2ccc(/C=C/C(=O)O)c(OCc3ccc([N+](C)(C)CCSC4=C(C(=O)O)N5C(=O)[C@H]([C@@H](C)O)[C@H]5[C@H]4C)cc3)c2Cl)OOC12C1CC3CC(C1)CC2C3. The summed E-state index contributed by atoms with van der Waals surface area (Å²) in [6, 6.07) is 11.3. The Morgan fingerprint density at radius 3 is 2.27 bits per heavy atom. The van der Waals surface area contributed by atoms with Crippen LogP contribution in [0.2, 0.25) is 5.02 Å². The summed E-state index contributed by atoms with van der Waals surface area (Å²) in [6.07, 6.45) is 7.25. The number of carboxylic acid groups (broad SMARTS) is 2. The van der Waals surface area contributed by atoms with Crippen LogP contribution >= 0.6 is 23.4 Å². The lowest BCUT2D eigenvalue weighted by Crippen LogP contribution is -2.76. The van der Waals surface area contributed by atoms with Crippen LogP contribution in [0.3, 0.4) is 0 Å². The normalized spacial score (nSPS) is 33.5. The molecule has 2 aromatic carbocycles. The fourth-order valence-electron chi connectivity index (χ4n) is 11.0. The number of aliphatic hydroxyl groups excluding tert-OH is 1. The number of methoxy groups -OCH3 is 1. The van der Waals surface area contributed by atoms with E-state index in [1.807, 2.05) is 37.3 Å². The molecule has 0 radical (unpaired) electrons. The zero-order valence-electron chi connectivity index (χ0n) is 32.3. The van der Waals surface area contributed by atoms with Crippen LogP contribution in [0.1, 0.15) is 62.6 Å². The van der Waals surface area contributed by atoms with Crippen LogP contribution in [-0.2, 0) is 41.3 Å². The molecule has 1 amide bonds. The molecule has 3 heterocycles. The minimum atomic E-state index is -1.22. The number of aliphatic carboxylic acids is 2. The fourth-order valence-corrected chi connectivity index (χ4v) is 12.8. The first kappa shape index (κ1) is 39.4. The van der Waals surface area contributed by atoms with Crippen molar-refractivity contribution in [1.82, 2.24) is 9.38 Å². The van der Waals surface area contributed by atoms with Crippen molar-refractivity contribution in [2.75, 3.05) is 33.5 Å². The van der Waals surface area contributed by atoms with E-state index in [1.54, 1.807) is 20.1 Å². The number of carbonyl (C=O) groups is 3. The maximum atomic E-state index is 12.7. The molecule has 4 aliphatic carbocycles. The molecule has 7 aliphatic rings. The van der Waals surface area contributed by atoms with E-state index in [4.69, 9.17) is 30.8 Å². The summed E-state index contributed by atoms with van der Waals surface area (Å²) in [5.41, 5.74) is 2.40. The minimum absolute atomic E-state index is 0.0367. The number of nitrogens with zero attached hydrogens (tertiary/aromatic N) is 2. The summed E-state index contributed by atoms with van der Waals surface area (Å²) >= 11 is 8.70. The number of β-lactam (4-membered cyclic amide) rings is 1. The Kier molecular flexibility index (Phi) is 10.2. The van der Waals surface area contributed by atoms with Gasteiger partial charge in [-0.2, -0.15) is 4.89 Å². The zero-order valence-corrected chi connectivity index (χ0v) is 33.8. The average Bonchev–Trinajstić information content (AvgIpc) is 3.38. The van der Waals surface area contributed by atoms with Gasteiger partial charge in [0.25, 0.3) is 5.79 Å². The first-order chi connectivity index (χ1) is 26.6. The van der Waals surface area contributed by atoms with Crippen LogP contribution < -0.4 is 9.22 Å². The predicted octanol–water partition coefficient (Wildman–Crippen LogP) is 6.43. The number of carboxylic acids is 2. The van der Waals surface area contributed by atoms with Crippen molar-refractivity contribution in [2.24, 2.45) is 35.5 Å². The Labute approximate surface area is 335 Å².